The lowest BCUT2D eigenvalue weighted by atomic mass is 9.95. The van der Waals surface area contributed by atoms with Crippen LogP contribution in [0.3, 0.4) is 0 Å². The number of rotatable bonds is 7. The van der Waals surface area contributed by atoms with Crippen molar-refractivity contribution >= 4 is 0 Å². The van der Waals surface area contributed by atoms with Gasteiger partial charge >= 0.3 is 0 Å². The zero-order valence-electron chi connectivity index (χ0n) is 12.3. The molecule has 2 nitrogen and oxygen atoms in total. The van der Waals surface area contributed by atoms with Crippen molar-refractivity contribution in [2.24, 2.45) is 11.8 Å². The van der Waals surface area contributed by atoms with E-state index in [1.165, 1.54) is 29.5 Å². The van der Waals surface area contributed by atoms with E-state index in [-0.39, 0.29) is 0 Å². The first-order chi connectivity index (χ1) is 8.52. The third-order valence-electron chi connectivity index (χ3n) is 3.54. The molecule has 2 heteroatoms. The maximum absolute atomic E-state index is 5.68. The summed E-state index contributed by atoms with van der Waals surface area (Å²) >= 11 is 0. The number of nitrogens with two attached hydrogens (primary N) is 1. The lowest BCUT2D eigenvalue weighted by Gasteiger charge is -2.18. The van der Waals surface area contributed by atoms with Crippen LogP contribution >= 0.6 is 0 Å². The lowest BCUT2D eigenvalue weighted by molar-refractivity contribution is 0.441. The highest BCUT2D eigenvalue weighted by atomic mass is 15.2. The molecule has 1 aromatic carbocycles. The maximum atomic E-state index is 5.68. The summed E-state index contributed by atoms with van der Waals surface area (Å²) in [4.78, 5) is 0. The third-order valence-corrected chi connectivity index (χ3v) is 3.54. The quantitative estimate of drug-likeness (QED) is 0.572. The largest absolute Gasteiger partial charge is 0.271 e. The molecule has 1 rings (SSSR count). The fourth-order valence-corrected chi connectivity index (χ4v) is 2.30. The predicted molar refractivity (Wildman–Crippen MR) is 79.4 cm³/mol. The van der Waals surface area contributed by atoms with Crippen LogP contribution in [0.25, 0.3) is 0 Å². The third kappa shape index (κ3) is 5.19. The number of hydrazine groups is 1. The van der Waals surface area contributed by atoms with E-state index in [4.69, 9.17) is 5.84 Å². The van der Waals surface area contributed by atoms with E-state index in [9.17, 15) is 0 Å². The van der Waals surface area contributed by atoms with Gasteiger partial charge in [-0.3, -0.25) is 11.3 Å². The Morgan fingerprint density at radius 2 is 1.89 bits per heavy atom. The summed E-state index contributed by atoms with van der Waals surface area (Å²) in [5.74, 6) is 6.46. The fraction of sp³-hybridized carbons (Fsp3) is 0.625. The second kappa shape index (κ2) is 7.55. The van der Waals surface area contributed by atoms with Gasteiger partial charge in [0.2, 0.25) is 0 Å². The molecule has 0 heterocycles. The first kappa shape index (κ1) is 15.2. The summed E-state index contributed by atoms with van der Waals surface area (Å²) in [5.41, 5.74) is 7.08. The molecule has 0 aliphatic rings. The summed E-state index contributed by atoms with van der Waals surface area (Å²) in [6, 6.07) is 7.04. The van der Waals surface area contributed by atoms with Crippen LogP contribution in [0.5, 0.6) is 0 Å². The van der Waals surface area contributed by atoms with Crippen LogP contribution in [0.4, 0.5) is 0 Å². The number of benzene rings is 1. The Balaban J connectivity index is 2.54. The second-order valence-corrected chi connectivity index (χ2v) is 5.82. The fourth-order valence-electron chi connectivity index (χ4n) is 2.30. The Bertz CT molecular complexity index is 358. The Morgan fingerprint density at radius 3 is 2.50 bits per heavy atom. The van der Waals surface area contributed by atoms with Gasteiger partial charge in [0, 0.05) is 6.04 Å². The molecule has 0 amide bonds. The summed E-state index contributed by atoms with van der Waals surface area (Å²) in [5, 5.41) is 0. The van der Waals surface area contributed by atoms with Gasteiger partial charge in [-0.05, 0) is 43.7 Å². The van der Waals surface area contributed by atoms with Gasteiger partial charge in [0.05, 0.1) is 0 Å². The Morgan fingerprint density at radius 1 is 1.17 bits per heavy atom. The standard InChI is InChI=1S/C16H28N2/c1-12(2)6-5-7-16(18-17)11-15-10-13(3)8-9-14(15)4/h8-10,12,16,18H,5-7,11,17H2,1-4H3. The zero-order valence-corrected chi connectivity index (χ0v) is 12.3. The summed E-state index contributed by atoms with van der Waals surface area (Å²) in [6.45, 7) is 8.87. The molecule has 1 atom stereocenters. The predicted octanol–water partition coefficient (Wildman–Crippen LogP) is 3.50. The summed E-state index contributed by atoms with van der Waals surface area (Å²) in [7, 11) is 0. The SMILES string of the molecule is Cc1ccc(C)c(CC(CCCC(C)C)NN)c1. The van der Waals surface area contributed by atoms with E-state index in [1.54, 1.807) is 0 Å². The average molecular weight is 248 g/mol. The molecular weight excluding hydrogens is 220 g/mol. The van der Waals surface area contributed by atoms with Crippen molar-refractivity contribution in [1.29, 1.82) is 0 Å². The molecule has 0 bridgehead atoms. The van der Waals surface area contributed by atoms with Gasteiger partial charge in [0.1, 0.15) is 0 Å². The molecule has 102 valence electrons. The van der Waals surface area contributed by atoms with E-state index in [0.29, 0.717) is 6.04 Å². The molecule has 0 saturated carbocycles. The zero-order chi connectivity index (χ0) is 13.5. The minimum Gasteiger partial charge on any atom is -0.271 e. The molecule has 0 saturated heterocycles. The van der Waals surface area contributed by atoms with E-state index >= 15 is 0 Å². The van der Waals surface area contributed by atoms with Gasteiger partial charge in [-0.2, -0.15) is 0 Å². The lowest BCUT2D eigenvalue weighted by Crippen LogP contribution is -2.37. The van der Waals surface area contributed by atoms with Crippen LogP contribution in [0, 0.1) is 19.8 Å². The molecule has 0 aliphatic carbocycles. The number of hydrogen-bond donors (Lipinski definition) is 2. The first-order valence-corrected chi connectivity index (χ1v) is 7.05. The van der Waals surface area contributed by atoms with Crippen LogP contribution in [-0.2, 0) is 6.42 Å². The number of hydrogen-bond acceptors (Lipinski definition) is 2. The highest BCUT2D eigenvalue weighted by Crippen LogP contribution is 2.16. The molecule has 0 fully saturated rings. The van der Waals surface area contributed by atoms with Crippen LogP contribution in [0.1, 0.15) is 49.8 Å². The van der Waals surface area contributed by atoms with Crippen molar-refractivity contribution in [2.45, 2.75) is 59.4 Å². The van der Waals surface area contributed by atoms with Crippen molar-refractivity contribution in [3.05, 3.63) is 34.9 Å². The van der Waals surface area contributed by atoms with Crippen molar-refractivity contribution in [3.8, 4) is 0 Å². The molecule has 1 aromatic rings. The van der Waals surface area contributed by atoms with Crippen molar-refractivity contribution < 1.29 is 0 Å². The minimum atomic E-state index is 0.393. The molecule has 0 radical (unpaired) electrons. The van der Waals surface area contributed by atoms with Gasteiger partial charge in [0.15, 0.2) is 0 Å². The molecule has 1 unspecified atom stereocenters. The van der Waals surface area contributed by atoms with E-state index < -0.39 is 0 Å². The number of aryl methyl sites for hydroxylation is 2. The first-order valence-electron chi connectivity index (χ1n) is 7.05. The molecule has 0 aromatic heterocycles. The molecular formula is C16H28N2. The van der Waals surface area contributed by atoms with Gasteiger partial charge < -0.3 is 0 Å². The molecule has 0 spiro atoms. The van der Waals surface area contributed by atoms with E-state index in [2.05, 4.69) is 51.3 Å². The van der Waals surface area contributed by atoms with Crippen LogP contribution in [0.2, 0.25) is 0 Å². The van der Waals surface area contributed by atoms with E-state index in [1.807, 2.05) is 0 Å². The monoisotopic (exact) mass is 248 g/mol. The molecule has 0 aliphatic heterocycles. The molecule has 3 N–H and O–H groups in total. The normalized spacial score (nSPS) is 13.0. The summed E-state index contributed by atoms with van der Waals surface area (Å²) < 4.78 is 0. The Kier molecular flexibility index (Phi) is 6.37. The molecule has 18 heavy (non-hydrogen) atoms. The van der Waals surface area contributed by atoms with Gasteiger partial charge in [-0.15, -0.1) is 0 Å². The number of nitrogens with one attached hydrogen (secondary N) is 1. The average Bonchev–Trinajstić information content (AvgIpc) is 2.32. The van der Waals surface area contributed by atoms with Gasteiger partial charge in [0.25, 0.3) is 0 Å². The van der Waals surface area contributed by atoms with Crippen molar-refractivity contribution in [3.63, 3.8) is 0 Å². The minimum absolute atomic E-state index is 0.393. The highest BCUT2D eigenvalue weighted by molar-refractivity contribution is 5.31. The second-order valence-electron chi connectivity index (χ2n) is 5.82. The van der Waals surface area contributed by atoms with Gasteiger partial charge in [-0.1, -0.05) is 50.5 Å². The topological polar surface area (TPSA) is 38.0 Å². The van der Waals surface area contributed by atoms with Gasteiger partial charge in [-0.25, -0.2) is 0 Å². The van der Waals surface area contributed by atoms with Crippen molar-refractivity contribution in [2.75, 3.05) is 0 Å². The summed E-state index contributed by atoms with van der Waals surface area (Å²) in [6.07, 6.45) is 4.71. The smallest absolute Gasteiger partial charge is 0.0251 e. The van der Waals surface area contributed by atoms with Crippen LogP contribution < -0.4 is 11.3 Å². The Labute approximate surface area is 112 Å². The van der Waals surface area contributed by atoms with E-state index in [0.717, 1.165) is 18.8 Å². The Hall–Kier alpha value is -0.860. The maximum Gasteiger partial charge on any atom is 0.0251 e. The highest BCUT2D eigenvalue weighted by Gasteiger charge is 2.10. The van der Waals surface area contributed by atoms with Crippen molar-refractivity contribution in [1.82, 2.24) is 5.43 Å². The van der Waals surface area contributed by atoms with Crippen LogP contribution in [0.15, 0.2) is 18.2 Å². The van der Waals surface area contributed by atoms with Crippen LogP contribution in [-0.4, -0.2) is 6.04 Å².